The number of nitro groups is 1. The summed E-state index contributed by atoms with van der Waals surface area (Å²) >= 11 is 0. The predicted molar refractivity (Wildman–Crippen MR) is 94.9 cm³/mol. The summed E-state index contributed by atoms with van der Waals surface area (Å²) < 4.78 is 28.0. The molecular formula is C18H20N2O4S. The summed E-state index contributed by atoms with van der Waals surface area (Å²) in [5.41, 5.74) is 1.91. The molecule has 1 saturated heterocycles. The van der Waals surface area contributed by atoms with E-state index in [2.05, 4.69) is 0 Å². The maximum atomic E-state index is 13.3. The van der Waals surface area contributed by atoms with Crippen LogP contribution in [0.3, 0.4) is 0 Å². The Morgan fingerprint density at radius 3 is 2.48 bits per heavy atom. The molecule has 6 nitrogen and oxygen atoms in total. The molecule has 132 valence electrons. The molecule has 3 rings (SSSR count). The van der Waals surface area contributed by atoms with Crippen LogP contribution in [0, 0.1) is 24.0 Å². The van der Waals surface area contributed by atoms with Gasteiger partial charge in [0.05, 0.1) is 15.9 Å². The molecule has 2 aromatic rings. The number of non-ortho nitro benzene ring substituents is 1. The van der Waals surface area contributed by atoms with E-state index in [-0.39, 0.29) is 16.6 Å². The van der Waals surface area contributed by atoms with E-state index in [4.69, 9.17) is 0 Å². The lowest BCUT2D eigenvalue weighted by Crippen LogP contribution is -2.31. The number of nitro benzene ring substituents is 1. The van der Waals surface area contributed by atoms with E-state index in [9.17, 15) is 18.5 Å². The molecule has 25 heavy (non-hydrogen) atoms. The standard InChI is InChI=1S/C18H20N2O4S/c1-13-11-16(20(21)22)12-18(14(13)2)25(23,24)19-10-6-9-17(19)15-7-4-3-5-8-15/h3-5,7-8,11-12,17H,6,9-10H2,1-2H3/t17-/m0/s1. The third-order valence-electron chi connectivity index (χ3n) is 4.79. The first-order valence-electron chi connectivity index (χ1n) is 8.15. The van der Waals surface area contributed by atoms with E-state index in [1.807, 2.05) is 30.3 Å². The molecule has 0 bridgehead atoms. The summed E-state index contributed by atoms with van der Waals surface area (Å²) in [6.45, 7) is 3.81. The SMILES string of the molecule is Cc1cc([N+](=O)[O-])cc(S(=O)(=O)N2CCC[C@H]2c2ccccc2)c1C. The monoisotopic (exact) mass is 360 g/mol. The highest BCUT2D eigenvalue weighted by atomic mass is 32.2. The third-order valence-corrected chi connectivity index (χ3v) is 6.82. The zero-order valence-corrected chi connectivity index (χ0v) is 15.0. The minimum Gasteiger partial charge on any atom is -0.258 e. The molecule has 1 aliphatic rings. The first-order chi connectivity index (χ1) is 11.8. The van der Waals surface area contributed by atoms with Crippen molar-refractivity contribution in [2.24, 2.45) is 0 Å². The topological polar surface area (TPSA) is 80.5 Å². The van der Waals surface area contributed by atoms with Gasteiger partial charge in [-0.05, 0) is 43.4 Å². The molecule has 0 N–H and O–H groups in total. The van der Waals surface area contributed by atoms with Gasteiger partial charge < -0.3 is 0 Å². The Labute approximate surface area is 147 Å². The fraction of sp³-hybridized carbons (Fsp3) is 0.333. The van der Waals surface area contributed by atoms with Crippen LogP contribution in [0.1, 0.15) is 35.6 Å². The highest BCUT2D eigenvalue weighted by Crippen LogP contribution is 2.38. The Balaban J connectivity index is 2.09. The minimum atomic E-state index is -3.82. The normalized spacial score (nSPS) is 18.4. The van der Waals surface area contributed by atoms with Gasteiger partial charge in [-0.15, -0.1) is 0 Å². The van der Waals surface area contributed by atoms with E-state index in [1.165, 1.54) is 16.4 Å². The maximum absolute atomic E-state index is 13.3. The molecule has 0 radical (unpaired) electrons. The molecule has 1 fully saturated rings. The van der Waals surface area contributed by atoms with Crippen LogP contribution in [0.2, 0.25) is 0 Å². The van der Waals surface area contributed by atoms with Crippen molar-refractivity contribution in [3.05, 3.63) is 69.3 Å². The third kappa shape index (κ3) is 3.17. The Kier molecular flexibility index (Phi) is 4.62. The van der Waals surface area contributed by atoms with E-state index >= 15 is 0 Å². The molecular weight excluding hydrogens is 340 g/mol. The van der Waals surface area contributed by atoms with Crippen LogP contribution in [0.5, 0.6) is 0 Å². The summed E-state index contributed by atoms with van der Waals surface area (Å²) in [7, 11) is -3.82. The van der Waals surface area contributed by atoms with Crippen molar-refractivity contribution >= 4 is 15.7 Å². The highest BCUT2D eigenvalue weighted by Gasteiger charge is 2.37. The number of benzene rings is 2. The van der Waals surface area contributed by atoms with Gasteiger partial charge in [0.15, 0.2) is 0 Å². The van der Waals surface area contributed by atoms with Gasteiger partial charge in [0, 0.05) is 18.7 Å². The van der Waals surface area contributed by atoms with Crippen LogP contribution in [0.15, 0.2) is 47.4 Å². The van der Waals surface area contributed by atoms with Gasteiger partial charge in [-0.1, -0.05) is 30.3 Å². The molecule has 0 spiro atoms. The Hall–Kier alpha value is -2.25. The van der Waals surface area contributed by atoms with Gasteiger partial charge in [-0.2, -0.15) is 4.31 Å². The van der Waals surface area contributed by atoms with Crippen LogP contribution < -0.4 is 0 Å². The zero-order valence-electron chi connectivity index (χ0n) is 14.2. The average molecular weight is 360 g/mol. The van der Waals surface area contributed by atoms with Crippen molar-refractivity contribution in [3.63, 3.8) is 0 Å². The highest BCUT2D eigenvalue weighted by molar-refractivity contribution is 7.89. The molecule has 0 aromatic heterocycles. The number of aryl methyl sites for hydroxylation is 1. The first kappa shape index (κ1) is 17.6. The quantitative estimate of drug-likeness (QED) is 0.614. The molecule has 1 atom stereocenters. The van der Waals surface area contributed by atoms with Crippen LogP contribution in [-0.2, 0) is 10.0 Å². The molecule has 1 aliphatic heterocycles. The molecule has 0 amide bonds. The van der Waals surface area contributed by atoms with E-state index in [1.54, 1.807) is 13.8 Å². The number of sulfonamides is 1. The summed E-state index contributed by atoms with van der Waals surface area (Å²) in [5.74, 6) is 0. The Morgan fingerprint density at radius 1 is 1.16 bits per heavy atom. The van der Waals surface area contributed by atoms with Gasteiger partial charge in [-0.3, -0.25) is 10.1 Å². The summed E-state index contributed by atoms with van der Waals surface area (Å²) in [4.78, 5) is 10.6. The smallest absolute Gasteiger partial charge is 0.258 e. The lowest BCUT2D eigenvalue weighted by molar-refractivity contribution is -0.385. The van der Waals surface area contributed by atoms with Crippen molar-refractivity contribution in [3.8, 4) is 0 Å². The fourth-order valence-corrected chi connectivity index (χ4v) is 5.35. The fourth-order valence-electron chi connectivity index (χ4n) is 3.34. The summed E-state index contributed by atoms with van der Waals surface area (Å²) in [6, 6.07) is 11.9. The van der Waals surface area contributed by atoms with Crippen LogP contribution in [0.4, 0.5) is 5.69 Å². The molecule has 7 heteroatoms. The van der Waals surface area contributed by atoms with Crippen molar-refractivity contribution in [1.29, 1.82) is 0 Å². The first-order valence-corrected chi connectivity index (χ1v) is 9.59. The van der Waals surface area contributed by atoms with Gasteiger partial charge >= 0.3 is 0 Å². The van der Waals surface area contributed by atoms with Crippen LogP contribution in [0.25, 0.3) is 0 Å². The minimum absolute atomic E-state index is 0.0297. The number of nitrogens with zero attached hydrogens (tertiary/aromatic N) is 2. The molecule has 2 aromatic carbocycles. The second kappa shape index (κ2) is 6.57. The number of rotatable bonds is 4. The molecule has 0 saturated carbocycles. The second-order valence-corrected chi connectivity index (χ2v) is 8.19. The van der Waals surface area contributed by atoms with Crippen molar-refractivity contribution in [2.45, 2.75) is 37.6 Å². The number of hydrogen-bond donors (Lipinski definition) is 0. The zero-order chi connectivity index (χ0) is 18.2. The van der Waals surface area contributed by atoms with Crippen molar-refractivity contribution in [1.82, 2.24) is 4.31 Å². The molecule has 0 unspecified atom stereocenters. The van der Waals surface area contributed by atoms with Crippen LogP contribution >= 0.6 is 0 Å². The largest absolute Gasteiger partial charge is 0.271 e. The summed E-state index contributed by atoms with van der Waals surface area (Å²) in [6.07, 6.45) is 1.52. The van der Waals surface area contributed by atoms with E-state index < -0.39 is 14.9 Å². The van der Waals surface area contributed by atoms with Crippen molar-refractivity contribution < 1.29 is 13.3 Å². The predicted octanol–water partition coefficient (Wildman–Crippen LogP) is 3.74. The number of hydrogen-bond acceptors (Lipinski definition) is 4. The lowest BCUT2D eigenvalue weighted by Gasteiger charge is -2.25. The van der Waals surface area contributed by atoms with Gasteiger partial charge in [0.2, 0.25) is 10.0 Å². The summed E-state index contributed by atoms with van der Waals surface area (Å²) in [5, 5.41) is 11.1. The van der Waals surface area contributed by atoms with E-state index in [0.29, 0.717) is 17.7 Å². The molecule has 0 aliphatic carbocycles. The van der Waals surface area contributed by atoms with Crippen molar-refractivity contribution in [2.75, 3.05) is 6.54 Å². The Bertz CT molecular complexity index is 910. The van der Waals surface area contributed by atoms with E-state index in [0.717, 1.165) is 18.4 Å². The second-order valence-electron chi connectivity index (χ2n) is 6.33. The van der Waals surface area contributed by atoms with Crippen LogP contribution in [-0.4, -0.2) is 24.2 Å². The van der Waals surface area contributed by atoms with Gasteiger partial charge in [0.25, 0.3) is 5.69 Å². The average Bonchev–Trinajstić information content (AvgIpc) is 3.08. The van der Waals surface area contributed by atoms with Gasteiger partial charge in [0.1, 0.15) is 0 Å². The lowest BCUT2D eigenvalue weighted by atomic mass is 10.1. The van der Waals surface area contributed by atoms with Gasteiger partial charge in [-0.25, -0.2) is 8.42 Å². The molecule has 1 heterocycles. The maximum Gasteiger partial charge on any atom is 0.271 e. The Morgan fingerprint density at radius 2 is 1.84 bits per heavy atom.